The molecular formula is C15H13ClF3NO2S. The Morgan fingerprint density at radius 3 is 2.74 bits per heavy atom. The van der Waals surface area contributed by atoms with Gasteiger partial charge in [0.2, 0.25) is 5.91 Å². The first-order chi connectivity index (χ1) is 10.8. The minimum absolute atomic E-state index is 0.00994. The normalized spacial score (nSPS) is 12.9. The summed E-state index contributed by atoms with van der Waals surface area (Å²) in [4.78, 5) is 12.2. The predicted molar refractivity (Wildman–Crippen MR) is 82.4 cm³/mol. The molecule has 124 valence electrons. The van der Waals surface area contributed by atoms with Crippen LogP contribution >= 0.6 is 23.4 Å². The molecule has 1 atom stereocenters. The SMILES string of the molecule is C[C@@H](NC(=O)CSc1ccc(Cl)c(C(F)(F)F)c1)c1ccco1. The van der Waals surface area contributed by atoms with Crippen molar-refractivity contribution in [1.82, 2.24) is 5.32 Å². The van der Waals surface area contributed by atoms with Crippen molar-refractivity contribution < 1.29 is 22.4 Å². The zero-order chi connectivity index (χ0) is 17.0. The maximum atomic E-state index is 12.8. The second-order valence-electron chi connectivity index (χ2n) is 4.73. The minimum atomic E-state index is -4.52. The van der Waals surface area contributed by atoms with E-state index in [0.717, 1.165) is 17.8 Å². The second kappa shape index (κ2) is 7.31. The first kappa shape index (κ1) is 17.7. The van der Waals surface area contributed by atoms with Crippen LogP contribution in [0.5, 0.6) is 0 Å². The van der Waals surface area contributed by atoms with Gasteiger partial charge >= 0.3 is 6.18 Å². The third-order valence-electron chi connectivity index (χ3n) is 2.96. The number of carbonyl (C=O) groups excluding carboxylic acids is 1. The molecule has 0 bridgehead atoms. The van der Waals surface area contributed by atoms with E-state index in [4.69, 9.17) is 16.0 Å². The maximum absolute atomic E-state index is 12.8. The Hall–Kier alpha value is -1.60. The summed E-state index contributed by atoms with van der Waals surface area (Å²) in [5, 5.41) is 2.34. The fraction of sp³-hybridized carbons (Fsp3) is 0.267. The molecule has 1 amide bonds. The van der Waals surface area contributed by atoms with E-state index in [0.29, 0.717) is 10.7 Å². The summed E-state index contributed by atoms with van der Waals surface area (Å²) in [6.07, 6.45) is -3.02. The molecule has 23 heavy (non-hydrogen) atoms. The molecule has 8 heteroatoms. The molecule has 3 nitrogen and oxygen atoms in total. The van der Waals surface area contributed by atoms with Gasteiger partial charge in [0, 0.05) is 4.90 Å². The highest BCUT2D eigenvalue weighted by Crippen LogP contribution is 2.36. The molecule has 1 N–H and O–H groups in total. The summed E-state index contributed by atoms with van der Waals surface area (Å²) in [7, 11) is 0. The molecule has 0 aliphatic carbocycles. The lowest BCUT2D eigenvalue weighted by Gasteiger charge is -2.12. The van der Waals surface area contributed by atoms with Crippen molar-refractivity contribution in [2.24, 2.45) is 0 Å². The van der Waals surface area contributed by atoms with E-state index in [1.165, 1.54) is 18.4 Å². The van der Waals surface area contributed by atoms with Crippen LogP contribution in [-0.4, -0.2) is 11.7 Å². The van der Waals surface area contributed by atoms with E-state index >= 15 is 0 Å². The van der Waals surface area contributed by atoms with Gasteiger partial charge in [-0.25, -0.2) is 0 Å². The van der Waals surface area contributed by atoms with Crippen LogP contribution in [0.1, 0.15) is 24.3 Å². The van der Waals surface area contributed by atoms with Gasteiger partial charge in [0.1, 0.15) is 5.76 Å². The predicted octanol–water partition coefficient (Wildman–Crippen LogP) is 4.92. The number of rotatable bonds is 5. The number of halogens is 4. The quantitative estimate of drug-likeness (QED) is 0.766. The van der Waals surface area contributed by atoms with E-state index in [1.54, 1.807) is 19.1 Å². The highest BCUT2D eigenvalue weighted by Gasteiger charge is 2.33. The van der Waals surface area contributed by atoms with E-state index in [2.05, 4.69) is 5.32 Å². The van der Waals surface area contributed by atoms with Crippen LogP contribution in [0.4, 0.5) is 13.2 Å². The van der Waals surface area contributed by atoms with Gasteiger partial charge in [-0.3, -0.25) is 4.79 Å². The van der Waals surface area contributed by atoms with Crippen LogP contribution in [0, 0.1) is 0 Å². The van der Waals surface area contributed by atoms with Crippen LogP contribution in [-0.2, 0) is 11.0 Å². The molecule has 1 aromatic carbocycles. The number of benzene rings is 1. The van der Waals surface area contributed by atoms with Crippen LogP contribution < -0.4 is 5.32 Å². The molecule has 0 aliphatic rings. The van der Waals surface area contributed by atoms with Gasteiger partial charge in [-0.05, 0) is 37.3 Å². The Balaban J connectivity index is 1.94. The zero-order valence-corrected chi connectivity index (χ0v) is 13.6. The molecule has 0 saturated carbocycles. The number of nitrogens with one attached hydrogen (secondary N) is 1. The van der Waals surface area contributed by atoms with Gasteiger partial charge in [-0.1, -0.05) is 11.6 Å². The average molecular weight is 364 g/mol. The zero-order valence-electron chi connectivity index (χ0n) is 12.0. The summed E-state index contributed by atoms with van der Waals surface area (Å²) < 4.78 is 43.5. The third kappa shape index (κ3) is 4.94. The smallest absolute Gasteiger partial charge is 0.417 e. The lowest BCUT2D eigenvalue weighted by Crippen LogP contribution is -2.27. The molecule has 0 radical (unpaired) electrons. The molecule has 0 unspecified atom stereocenters. The van der Waals surface area contributed by atoms with Crippen molar-refractivity contribution in [3.05, 3.63) is 52.9 Å². The number of alkyl halides is 3. The monoisotopic (exact) mass is 363 g/mol. The lowest BCUT2D eigenvalue weighted by atomic mass is 10.2. The standard InChI is InChI=1S/C15H13ClF3NO2S/c1-9(13-3-2-6-22-13)20-14(21)8-23-10-4-5-12(16)11(7-10)15(17,18)19/h2-7,9H,8H2,1H3,(H,20,21)/t9-/m1/s1. The van der Waals surface area contributed by atoms with E-state index in [-0.39, 0.29) is 22.7 Å². The Bertz CT molecular complexity index is 674. The molecule has 2 rings (SSSR count). The van der Waals surface area contributed by atoms with Crippen LogP contribution in [0.3, 0.4) is 0 Å². The lowest BCUT2D eigenvalue weighted by molar-refractivity contribution is -0.137. The first-order valence-corrected chi connectivity index (χ1v) is 7.96. The fourth-order valence-electron chi connectivity index (χ4n) is 1.85. The van der Waals surface area contributed by atoms with E-state index in [1.807, 2.05) is 0 Å². The summed E-state index contributed by atoms with van der Waals surface area (Å²) in [5.74, 6) is 0.292. The topological polar surface area (TPSA) is 42.2 Å². The molecule has 0 saturated heterocycles. The molecule has 1 heterocycles. The van der Waals surface area contributed by atoms with Gasteiger partial charge < -0.3 is 9.73 Å². The summed E-state index contributed by atoms with van der Waals surface area (Å²) in [6, 6.07) is 6.69. The van der Waals surface area contributed by atoms with Crippen molar-refractivity contribution in [1.29, 1.82) is 0 Å². The highest BCUT2D eigenvalue weighted by molar-refractivity contribution is 8.00. The Labute approximate surface area is 140 Å². The number of carbonyl (C=O) groups is 1. The number of thioether (sulfide) groups is 1. The molecule has 0 spiro atoms. The molecule has 0 aliphatic heterocycles. The van der Waals surface area contributed by atoms with Crippen LogP contribution in [0.25, 0.3) is 0 Å². The van der Waals surface area contributed by atoms with Crippen molar-refractivity contribution in [3.8, 4) is 0 Å². The second-order valence-corrected chi connectivity index (χ2v) is 6.19. The van der Waals surface area contributed by atoms with Gasteiger partial charge in [0.25, 0.3) is 0 Å². The Morgan fingerprint density at radius 1 is 1.39 bits per heavy atom. The van der Waals surface area contributed by atoms with Crippen molar-refractivity contribution in [3.63, 3.8) is 0 Å². The highest BCUT2D eigenvalue weighted by atomic mass is 35.5. The number of hydrogen-bond acceptors (Lipinski definition) is 3. The first-order valence-electron chi connectivity index (χ1n) is 6.59. The van der Waals surface area contributed by atoms with Gasteiger partial charge in [-0.2, -0.15) is 13.2 Å². The van der Waals surface area contributed by atoms with Gasteiger partial charge in [0.05, 0.1) is 28.6 Å². The van der Waals surface area contributed by atoms with E-state index in [9.17, 15) is 18.0 Å². The number of furan rings is 1. The largest absolute Gasteiger partial charge is 0.467 e. The summed E-state index contributed by atoms with van der Waals surface area (Å²) in [6.45, 7) is 1.76. The number of hydrogen-bond donors (Lipinski definition) is 1. The van der Waals surface area contributed by atoms with Crippen LogP contribution in [0.15, 0.2) is 45.9 Å². The molecule has 1 aromatic heterocycles. The average Bonchev–Trinajstić information content (AvgIpc) is 2.99. The molecule has 0 fully saturated rings. The minimum Gasteiger partial charge on any atom is -0.467 e. The fourth-order valence-corrected chi connectivity index (χ4v) is 2.82. The maximum Gasteiger partial charge on any atom is 0.417 e. The molecule has 2 aromatic rings. The van der Waals surface area contributed by atoms with Crippen molar-refractivity contribution in [2.75, 3.05) is 5.75 Å². The Morgan fingerprint density at radius 2 is 2.13 bits per heavy atom. The molecular weight excluding hydrogens is 351 g/mol. The van der Waals surface area contributed by atoms with Crippen LogP contribution in [0.2, 0.25) is 5.02 Å². The third-order valence-corrected chi connectivity index (χ3v) is 4.28. The van der Waals surface area contributed by atoms with Crippen molar-refractivity contribution in [2.45, 2.75) is 24.0 Å². The Kier molecular flexibility index (Phi) is 5.64. The van der Waals surface area contributed by atoms with Crippen molar-refractivity contribution >= 4 is 29.3 Å². The van der Waals surface area contributed by atoms with Gasteiger partial charge in [-0.15, -0.1) is 11.8 Å². The van der Waals surface area contributed by atoms with Gasteiger partial charge in [0.15, 0.2) is 0 Å². The summed E-state index contributed by atoms with van der Waals surface area (Å²) >= 11 is 6.56. The summed E-state index contributed by atoms with van der Waals surface area (Å²) in [5.41, 5.74) is -0.909. The number of amides is 1. The van der Waals surface area contributed by atoms with E-state index < -0.39 is 11.7 Å².